The molecule has 0 spiro atoms. The third-order valence-electron chi connectivity index (χ3n) is 4.80. The Morgan fingerprint density at radius 3 is 2.68 bits per heavy atom. The van der Waals surface area contributed by atoms with E-state index in [2.05, 4.69) is 10.2 Å². The number of hydrogen-bond donors (Lipinski definition) is 1. The van der Waals surface area contributed by atoms with E-state index < -0.39 is 0 Å². The first-order valence-electron chi connectivity index (χ1n) is 9.00. The Bertz CT molecular complexity index is 986. The van der Waals surface area contributed by atoms with Crippen LogP contribution >= 0.6 is 0 Å². The monoisotopic (exact) mass is 376 g/mol. The van der Waals surface area contributed by atoms with Gasteiger partial charge in [-0.1, -0.05) is 30.3 Å². The molecule has 0 saturated carbocycles. The number of nitrogens with zero attached hydrogens (tertiary/aromatic N) is 3. The average molecular weight is 376 g/mol. The number of anilines is 1. The minimum atomic E-state index is -0.306. The molecule has 7 heteroatoms. The van der Waals surface area contributed by atoms with Crippen molar-refractivity contribution < 1.29 is 14.3 Å². The van der Waals surface area contributed by atoms with Crippen LogP contribution < -0.4 is 9.64 Å². The maximum atomic E-state index is 12.8. The van der Waals surface area contributed by atoms with Crippen molar-refractivity contribution >= 4 is 17.6 Å². The van der Waals surface area contributed by atoms with Crippen LogP contribution in [0.4, 0.5) is 10.5 Å². The highest BCUT2D eigenvalue weighted by Gasteiger charge is 2.37. The van der Waals surface area contributed by atoms with Gasteiger partial charge >= 0.3 is 6.03 Å². The molecular weight excluding hydrogens is 356 g/mol. The van der Waals surface area contributed by atoms with Crippen molar-refractivity contribution in [1.82, 2.24) is 15.1 Å². The molecule has 2 aromatic carbocycles. The fraction of sp³-hybridized carbons (Fsp3) is 0.190. The van der Waals surface area contributed by atoms with Crippen molar-refractivity contribution in [3.8, 4) is 16.9 Å². The number of aromatic amines is 1. The third-order valence-corrected chi connectivity index (χ3v) is 4.80. The minimum absolute atomic E-state index is 0.0808. The number of carbonyl (C=O) groups excluding carboxylic acids is 2. The van der Waals surface area contributed by atoms with Gasteiger partial charge in [-0.05, 0) is 24.1 Å². The topological polar surface area (TPSA) is 78.5 Å². The number of methoxy groups -OCH3 is 1. The summed E-state index contributed by atoms with van der Waals surface area (Å²) in [5.74, 6) is 0.332. The maximum absolute atomic E-state index is 12.8. The quantitative estimate of drug-likeness (QED) is 0.671. The summed E-state index contributed by atoms with van der Waals surface area (Å²) in [6.45, 7) is 0.576. The number of urea groups is 1. The Morgan fingerprint density at radius 1 is 1.14 bits per heavy atom. The van der Waals surface area contributed by atoms with Gasteiger partial charge in [0.2, 0.25) is 0 Å². The number of aromatic nitrogens is 2. The maximum Gasteiger partial charge on any atom is 0.331 e. The lowest BCUT2D eigenvalue weighted by molar-refractivity contribution is -0.116. The van der Waals surface area contributed by atoms with E-state index in [1.165, 1.54) is 4.90 Å². The van der Waals surface area contributed by atoms with Crippen LogP contribution in [0.2, 0.25) is 0 Å². The molecule has 0 radical (unpaired) electrons. The van der Waals surface area contributed by atoms with Gasteiger partial charge in [0.25, 0.3) is 5.91 Å². The van der Waals surface area contributed by atoms with Gasteiger partial charge in [-0.15, -0.1) is 0 Å². The van der Waals surface area contributed by atoms with Crippen LogP contribution in [0.15, 0.2) is 60.9 Å². The van der Waals surface area contributed by atoms with Crippen LogP contribution in [-0.2, 0) is 11.2 Å². The molecule has 1 aromatic heterocycles. The normalized spacial score (nSPS) is 14.0. The molecule has 4 rings (SSSR count). The van der Waals surface area contributed by atoms with Crippen molar-refractivity contribution in [3.05, 3.63) is 66.5 Å². The molecule has 1 N–H and O–H groups in total. The average Bonchev–Trinajstić information content (AvgIpc) is 3.35. The van der Waals surface area contributed by atoms with Crippen LogP contribution in [0.1, 0.15) is 5.56 Å². The molecule has 142 valence electrons. The molecule has 0 aliphatic carbocycles. The zero-order chi connectivity index (χ0) is 19.5. The number of nitrogens with one attached hydrogen (secondary N) is 1. The number of rotatable bonds is 6. The lowest BCUT2D eigenvalue weighted by Gasteiger charge is -2.18. The summed E-state index contributed by atoms with van der Waals surface area (Å²) < 4.78 is 5.47. The van der Waals surface area contributed by atoms with E-state index in [0.29, 0.717) is 24.4 Å². The molecule has 0 unspecified atom stereocenters. The second kappa shape index (κ2) is 7.56. The number of imide groups is 1. The van der Waals surface area contributed by atoms with E-state index in [9.17, 15) is 9.59 Å². The highest BCUT2D eigenvalue weighted by Crippen LogP contribution is 2.34. The molecule has 7 nitrogen and oxygen atoms in total. The minimum Gasteiger partial charge on any atom is -0.496 e. The molecule has 1 fully saturated rings. The predicted octanol–water partition coefficient (Wildman–Crippen LogP) is 3.10. The van der Waals surface area contributed by atoms with Crippen LogP contribution in [0.3, 0.4) is 0 Å². The fourth-order valence-electron chi connectivity index (χ4n) is 3.34. The number of benzene rings is 2. The van der Waals surface area contributed by atoms with Gasteiger partial charge in [0, 0.05) is 29.9 Å². The van der Waals surface area contributed by atoms with E-state index in [0.717, 1.165) is 16.7 Å². The van der Waals surface area contributed by atoms with Gasteiger partial charge < -0.3 is 9.64 Å². The lowest BCUT2D eigenvalue weighted by Crippen LogP contribution is -2.34. The smallest absolute Gasteiger partial charge is 0.331 e. The molecule has 1 aliphatic heterocycles. The first kappa shape index (κ1) is 17.8. The Morgan fingerprint density at radius 2 is 1.96 bits per heavy atom. The van der Waals surface area contributed by atoms with Crippen LogP contribution in [-0.4, -0.2) is 47.2 Å². The Kier molecular flexibility index (Phi) is 4.80. The second-order valence-corrected chi connectivity index (χ2v) is 6.54. The Hall–Kier alpha value is -3.61. The van der Waals surface area contributed by atoms with E-state index in [-0.39, 0.29) is 18.5 Å². The predicted molar refractivity (Wildman–Crippen MR) is 105 cm³/mol. The number of amides is 3. The standard InChI is InChI=1S/C21H20N4O3/c1-28-19-11-17(7-8-18(19)16-12-22-23-13-16)25-20(26)14-24(21(25)27)10-9-15-5-3-2-4-6-15/h2-8,11-13H,9-10,14H2,1H3,(H,22,23). The zero-order valence-corrected chi connectivity index (χ0v) is 15.5. The Labute approximate surface area is 162 Å². The van der Waals surface area contributed by atoms with E-state index in [4.69, 9.17) is 4.74 Å². The number of H-pyrrole nitrogens is 1. The van der Waals surface area contributed by atoms with Crippen LogP contribution in [0.25, 0.3) is 11.1 Å². The first-order chi connectivity index (χ1) is 13.7. The molecule has 2 heterocycles. The van der Waals surface area contributed by atoms with Crippen molar-refractivity contribution in [2.24, 2.45) is 0 Å². The highest BCUT2D eigenvalue weighted by molar-refractivity contribution is 6.20. The number of hydrogen-bond acceptors (Lipinski definition) is 4. The van der Waals surface area contributed by atoms with Crippen molar-refractivity contribution in [1.29, 1.82) is 0 Å². The van der Waals surface area contributed by atoms with Gasteiger partial charge in [0.1, 0.15) is 12.3 Å². The largest absolute Gasteiger partial charge is 0.496 e. The summed E-state index contributed by atoms with van der Waals surface area (Å²) in [7, 11) is 1.56. The van der Waals surface area contributed by atoms with Gasteiger partial charge in [0.15, 0.2) is 0 Å². The van der Waals surface area contributed by atoms with E-state index in [1.54, 1.807) is 36.5 Å². The van der Waals surface area contributed by atoms with Crippen molar-refractivity contribution in [2.45, 2.75) is 6.42 Å². The van der Waals surface area contributed by atoms with Gasteiger partial charge in [-0.3, -0.25) is 9.89 Å². The van der Waals surface area contributed by atoms with E-state index >= 15 is 0 Å². The molecule has 0 atom stereocenters. The van der Waals surface area contributed by atoms with Crippen molar-refractivity contribution in [3.63, 3.8) is 0 Å². The summed E-state index contributed by atoms with van der Waals surface area (Å²) >= 11 is 0. The van der Waals surface area contributed by atoms with Crippen molar-refractivity contribution in [2.75, 3.05) is 25.1 Å². The SMILES string of the molecule is COc1cc(N2C(=O)CN(CCc3ccccc3)C2=O)ccc1-c1cn[nH]c1. The van der Waals surface area contributed by atoms with Gasteiger partial charge in [-0.25, -0.2) is 9.69 Å². The fourth-order valence-corrected chi connectivity index (χ4v) is 3.34. The van der Waals surface area contributed by atoms with Crippen LogP contribution in [0.5, 0.6) is 5.75 Å². The summed E-state index contributed by atoms with van der Waals surface area (Å²) in [6, 6.07) is 14.9. The van der Waals surface area contributed by atoms with Gasteiger partial charge in [0.05, 0.1) is 19.0 Å². The number of carbonyl (C=O) groups is 2. The lowest BCUT2D eigenvalue weighted by atomic mass is 10.1. The molecule has 1 aliphatic rings. The first-order valence-corrected chi connectivity index (χ1v) is 9.00. The third kappa shape index (κ3) is 3.34. The summed E-state index contributed by atoms with van der Waals surface area (Å²) in [5.41, 5.74) is 3.33. The number of ether oxygens (including phenoxy) is 1. The highest BCUT2D eigenvalue weighted by atomic mass is 16.5. The summed E-state index contributed by atoms with van der Waals surface area (Å²) in [6.07, 6.45) is 4.15. The van der Waals surface area contributed by atoms with Gasteiger partial charge in [-0.2, -0.15) is 5.10 Å². The zero-order valence-electron chi connectivity index (χ0n) is 15.5. The molecule has 28 heavy (non-hydrogen) atoms. The molecular formula is C21H20N4O3. The molecule has 0 bridgehead atoms. The molecule has 3 aromatic rings. The second-order valence-electron chi connectivity index (χ2n) is 6.54. The summed E-state index contributed by atoms with van der Waals surface area (Å²) in [4.78, 5) is 28.1. The molecule has 1 saturated heterocycles. The Balaban J connectivity index is 1.54. The summed E-state index contributed by atoms with van der Waals surface area (Å²) in [5, 5.41) is 6.71. The van der Waals surface area contributed by atoms with E-state index in [1.807, 2.05) is 36.4 Å². The molecule has 3 amide bonds. The van der Waals surface area contributed by atoms with Crippen LogP contribution in [0, 0.1) is 0 Å².